The summed E-state index contributed by atoms with van der Waals surface area (Å²) in [7, 11) is 0. The molecule has 0 aliphatic rings. The minimum Gasteiger partial charge on any atom is -0.481 e. The van der Waals surface area contributed by atoms with Crippen LogP contribution >= 0.6 is 0 Å². The lowest BCUT2D eigenvalue weighted by molar-refractivity contribution is -0.191. The Kier molecular flexibility index (Phi) is 11.7. The highest BCUT2D eigenvalue weighted by Gasteiger charge is 2.20. The van der Waals surface area contributed by atoms with E-state index in [1.807, 2.05) is 0 Å². The van der Waals surface area contributed by atoms with E-state index in [4.69, 9.17) is 24.5 Å². The van der Waals surface area contributed by atoms with Gasteiger partial charge in [-0.15, -0.1) is 0 Å². The van der Waals surface area contributed by atoms with E-state index in [-0.39, 0.29) is 36.9 Å². The van der Waals surface area contributed by atoms with Gasteiger partial charge in [0.05, 0.1) is 5.56 Å². The van der Waals surface area contributed by atoms with Gasteiger partial charge in [0.1, 0.15) is 17.6 Å². The Morgan fingerprint density at radius 2 is 1.68 bits per heavy atom. The molecule has 4 N–H and O–H groups in total. The van der Waals surface area contributed by atoms with Gasteiger partial charge in [-0.1, -0.05) is 18.2 Å². The van der Waals surface area contributed by atoms with Crippen molar-refractivity contribution in [3.63, 3.8) is 0 Å². The molecule has 0 spiro atoms. The molecule has 0 saturated carbocycles. The van der Waals surface area contributed by atoms with Crippen LogP contribution in [0.1, 0.15) is 28.8 Å². The fourth-order valence-corrected chi connectivity index (χ4v) is 2.56. The van der Waals surface area contributed by atoms with Crippen molar-refractivity contribution in [3.8, 4) is 5.75 Å². The Morgan fingerprint density at radius 1 is 1.03 bits per heavy atom. The van der Waals surface area contributed by atoms with Crippen molar-refractivity contribution in [1.82, 2.24) is 10.6 Å². The molecule has 2 aromatic rings. The van der Waals surface area contributed by atoms with Crippen LogP contribution in [0.2, 0.25) is 0 Å². The van der Waals surface area contributed by atoms with Gasteiger partial charge < -0.3 is 25.6 Å². The zero-order valence-corrected chi connectivity index (χ0v) is 17.7. The maximum absolute atomic E-state index is 13.2. The molecule has 1 atom stereocenters. The first-order valence-corrected chi connectivity index (χ1v) is 9.71. The SMILES string of the molecule is O=C(O)CC[C@H](NC(=O)NCCc1ccc(OC(=O)c2cccc(F)c2)cc1)C(=O)O.O=C=O. The number of ether oxygens (including phenoxy) is 1. The zero-order chi connectivity index (χ0) is 25.5. The molecule has 0 unspecified atom stereocenters. The monoisotopic (exact) mass is 476 g/mol. The molecule has 0 saturated heterocycles. The maximum Gasteiger partial charge on any atom is 0.373 e. The fourth-order valence-electron chi connectivity index (χ4n) is 2.56. The molecule has 0 bridgehead atoms. The largest absolute Gasteiger partial charge is 0.481 e. The van der Waals surface area contributed by atoms with Crippen LogP contribution in [0, 0.1) is 5.82 Å². The Morgan fingerprint density at radius 3 is 2.24 bits per heavy atom. The summed E-state index contributed by atoms with van der Waals surface area (Å²) in [5, 5.41) is 22.3. The van der Waals surface area contributed by atoms with Crippen LogP contribution in [0.4, 0.5) is 9.18 Å². The predicted molar refractivity (Wildman–Crippen MR) is 111 cm³/mol. The number of carbonyl (C=O) groups is 4. The summed E-state index contributed by atoms with van der Waals surface area (Å²) in [6.07, 6.45) is 0.0552. The Labute approximate surface area is 192 Å². The van der Waals surface area contributed by atoms with E-state index >= 15 is 0 Å². The topological polar surface area (TPSA) is 176 Å². The van der Waals surface area contributed by atoms with E-state index < -0.39 is 35.8 Å². The molecule has 34 heavy (non-hydrogen) atoms. The summed E-state index contributed by atoms with van der Waals surface area (Å²) in [6, 6.07) is 9.58. The number of rotatable bonds is 10. The van der Waals surface area contributed by atoms with Crippen molar-refractivity contribution in [2.24, 2.45) is 0 Å². The van der Waals surface area contributed by atoms with Gasteiger partial charge in [-0.3, -0.25) is 4.79 Å². The third-order valence-electron chi connectivity index (χ3n) is 4.14. The number of carboxylic acids is 2. The first-order chi connectivity index (χ1) is 16.2. The second-order valence-electron chi connectivity index (χ2n) is 6.60. The molecule has 0 radical (unpaired) electrons. The van der Waals surface area contributed by atoms with Crippen LogP contribution in [-0.2, 0) is 25.6 Å². The summed E-state index contributed by atoms with van der Waals surface area (Å²) < 4.78 is 18.4. The number of halogens is 1. The van der Waals surface area contributed by atoms with Crippen molar-refractivity contribution >= 4 is 30.1 Å². The highest BCUT2D eigenvalue weighted by Crippen LogP contribution is 2.15. The van der Waals surface area contributed by atoms with Gasteiger partial charge in [-0.25, -0.2) is 18.8 Å². The van der Waals surface area contributed by atoms with E-state index in [1.165, 1.54) is 18.2 Å². The minimum absolute atomic E-state index is 0.0855. The summed E-state index contributed by atoms with van der Waals surface area (Å²) in [4.78, 5) is 61.7. The van der Waals surface area contributed by atoms with Crippen molar-refractivity contribution in [2.75, 3.05) is 6.54 Å². The lowest BCUT2D eigenvalue weighted by atomic mass is 10.1. The summed E-state index contributed by atoms with van der Waals surface area (Å²) in [5.74, 6) is -3.44. The van der Waals surface area contributed by atoms with Crippen LogP contribution in [0.25, 0.3) is 0 Å². The molecular weight excluding hydrogens is 455 g/mol. The number of carbonyl (C=O) groups excluding carboxylic acids is 4. The first-order valence-electron chi connectivity index (χ1n) is 9.71. The quantitative estimate of drug-likeness (QED) is 0.293. The number of aliphatic carboxylic acids is 2. The van der Waals surface area contributed by atoms with Crippen molar-refractivity contribution in [2.45, 2.75) is 25.3 Å². The normalized spacial score (nSPS) is 10.5. The van der Waals surface area contributed by atoms with E-state index in [1.54, 1.807) is 24.3 Å². The number of amides is 2. The maximum atomic E-state index is 13.2. The second kappa shape index (κ2) is 14.5. The summed E-state index contributed by atoms with van der Waals surface area (Å²) in [5.41, 5.74) is 0.897. The molecule has 0 fully saturated rings. The molecule has 180 valence electrons. The van der Waals surface area contributed by atoms with E-state index in [0.717, 1.165) is 11.6 Å². The lowest BCUT2D eigenvalue weighted by Crippen LogP contribution is -2.46. The number of hydrogen-bond donors (Lipinski definition) is 4. The lowest BCUT2D eigenvalue weighted by Gasteiger charge is -2.14. The minimum atomic E-state index is -1.32. The van der Waals surface area contributed by atoms with Gasteiger partial charge in [0.2, 0.25) is 0 Å². The van der Waals surface area contributed by atoms with E-state index in [9.17, 15) is 23.6 Å². The zero-order valence-electron chi connectivity index (χ0n) is 17.7. The van der Waals surface area contributed by atoms with Crippen LogP contribution in [0.5, 0.6) is 5.75 Å². The van der Waals surface area contributed by atoms with Gasteiger partial charge in [0.15, 0.2) is 0 Å². The van der Waals surface area contributed by atoms with Crippen molar-refractivity contribution in [1.29, 1.82) is 0 Å². The fraction of sp³-hybridized carbons (Fsp3) is 0.227. The third-order valence-corrected chi connectivity index (χ3v) is 4.14. The summed E-state index contributed by atoms with van der Waals surface area (Å²) >= 11 is 0. The van der Waals surface area contributed by atoms with Crippen molar-refractivity contribution < 1.29 is 48.1 Å². The summed E-state index contributed by atoms with van der Waals surface area (Å²) in [6.45, 7) is 0.194. The predicted octanol–water partition coefficient (Wildman–Crippen LogP) is 1.62. The molecule has 2 aromatic carbocycles. The average molecular weight is 476 g/mol. The molecule has 0 aliphatic carbocycles. The average Bonchev–Trinajstić information content (AvgIpc) is 2.78. The second-order valence-corrected chi connectivity index (χ2v) is 6.60. The molecule has 0 aliphatic heterocycles. The van der Waals surface area contributed by atoms with Gasteiger partial charge >= 0.3 is 30.1 Å². The number of hydrogen-bond acceptors (Lipinski definition) is 7. The smallest absolute Gasteiger partial charge is 0.373 e. The molecule has 11 nitrogen and oxygen atoms in total. The number of carboxylic acid groups (broad SMARTS) is 2. The third kappa shape index (κ3) is 10.6. The van der Waals surface area contributed by atoms with E-state index in [2.05, 4.69) is 10.6 Å². The van der Waals surface area contributed by atoms with Crippen molar-refractivity contribution in [3.05, 3.63) is 65.5 Å². The molecular formula is C22H21FN2O9. The van der Waals surface area contributed by atoms with Gasteiger partial charge in [-0.2, -0.15) is 9.59 Å². The molecule has 0 heterocycles. The molecule has 2 amide bonds. The number of nitrogens with one attached hydrogen (secondary N) is 2. The number of esters is 1. The Bertz CT molecular complexity index is 1030. The van der Waals surface area contributed by atoms with Gasteiger partial charge in [-0.05, 0) is 48.7 Å². The van der Waals surface area contributed by atoms with Crippen LogP contribution in [0.15, 0.2) is 48.5 Å². The molecule has 2 rings (SSSR count). The molecule has 12 heteroatoms. The number of urea groups is 1. The van der Waals surface area contributed by atoms with Gasteiger partial charge in [0, 0.05) is 13.0 Å². The number of benzene rings is 2. The van der Waals surface area contributed by atoms with Crippen LogP contribution in [-0.4, -0.2) is 52.9 Å². The highest BCUT2D eigenvalue weighted by molar-refractivity contribution is 5.91. The van der Waals surface area contributed by atoms with Crippen LogP contribution in [0.3, 0.4) is 0 Å². The highest BCUT2D eigenvalue weighted by atomic mass is 19.1. The Balaban J connectivity index is 0.00000182. The van der Waals surface area contributed by atoms with E-state index in [0.29, 0.717) is 6.42 Å². The van der Waals surface area contributed by atoms with Crippen LogP contribution < -0.4 is 15.4 Å². The Hall–Kier alpha value is -4.57. The van der Waals surface area contributed by atoms with Gasteiger partial charge in [0.25, 0.3) is 0 Å². The first kappa shape index (κ1) is 27.5. The molecule has 0 aromatic heterocycles. The standard InChI is InChI=1S/C21H21FN2O7.CO2/c22-15-3-1-2-14(12-15)20(29)31-16-6-4-13(5-7-16)10-11-23-21(30)24-17(19(27)28)8-9-18(25)26;2-1-3/h1-7,12,17H,8-11H2,(H,25,26)(H,27,28)(H2,23,24,30);/t17-;/m0./s1.